The molecule has 4 aromatic rings. The monoisotopic (exact) mass is 367 g/mol. The molecule has 1 aliphatic rings. The Morgan fingerprint density at radius 3 is 2.68 bits per heavy atom. The molecule has 1 N–H and O–H groups in total. The fourth-order valence-electron chi connectivity index (χ4n) is 3.98. The molecule has 1 aliphatic carbocycles. The number of aromatic nitrogens is 3. The van der Waals surface area contributed by atoms with Crippen LogP contribution in [0.5, 0.6) is 0 Å². The van der Waals surface area contributed by atoms with Gasteiger partial charge in [0.25, 0.3) is 0 Å². The fourth-order valence-corrected chi connectivity index (χ4v) is 3.98. The fraction of sp³-hybridized carbons (Fsp3) is 0.0870. The van der Waals surface area contributed by atoms with Crippen LogP contribution in [0, 0.1) is 0 Å². The van der Waals surface area contributed by atoms with Crippen LogP contribution in [-0.2, 0) is 12.8 Å². The highest BCUT2D eigenvalue weighted by Crippen LogP contribution is 2.40. The zero-order valence-electron chi connectivity index (χ0n) is 15.0. The number of hydrogen-bond donors (Lipinski definition) is 1. The van der Waals surface area contributed by atoms with Gasteiger partial charge in [0.05, 0.1) is 5.69 Å². The predicted octanol–water partition coefficient (Wildman–Crippen LogP) is 4.40. The SMILES string of the molecule is O=C(O)c1cc(-n2c(-c3cccnc3)cc3c2CCc2ccccc2-3)ccn1. The van der Waals surface area contributed by atoms with Crippen molar-refractivity contribution in [3.8, 4) is 28.1 Å². The number of carboxylic acid groups (broad SMARTS) is 1. The van der Waals surface area contributed by atoms with Crippen molar-refractivity contribution in [2.24, 2.45) is 0 Å². The first-order chi connectivity index (χ1) is 13.7. The average molecular weight is 367 g/mol. The van der Waals surface area contributed by atoms with Crippen LogP contribution in [0.3, 0.4) is 0 Å². The zero-order valence-corrected chi connectivity index (χ0v) is 15.0. The molecule has 28 heavy (non-hydrogen) atoms. The Morgan fingerprint density at radius 1 is 0.964 bits per heavy atom. The van der Waals surface area contributed by atoms with Crippen molar-refractivity contribution in [3.63, 3.8) is 0 Å². The molecule has 5 heteroatoms. The van der Waals surface area contributed by atoms with E-state index in [4.69, 9.17) is 0 Å². The Bertz CT molecular complexity index is 1200. The third kappa shape index (κ3) is 2.60. The maximum Gasteiger partial charge on any atom is 0.354 e. The standard InChI is InChI=1S/C23H17N3O2/c27-23(28)20-12-17(9-11-25-20)26-21-8-7-15-4-1-2-6-18(15)19(21)13-22(26)16-5-3-10-24-14-16/h1-6,9-14H,7-8H2,(H,27,28). The molecule has 0 amide bonds. The highest BCUT2D eigenvalue weighted by Gasteiger charge is 2.24. The van der Waals surface area contributed by atoms with Crippen molar-refractivity contribution in [2.75, 3.05) is 0 Å². The Kier molecular flexibility index (Phi) is 3.79. The molecule has 136 valence electrons. The van der Waals surface area contributed by atoms with E-state index in [0.29, 0.717) is 0 Å². The summed E-state index contributed by atoms with van der Waals surface area (Å²) in [4.78, 5) is 19.7. The van der Waals surface area contributed by atoms with Crippen molar-refractivity contribution in [1.82, 2.24) is 14.5 Å². The number of rotatable bonds is 3. The maximum atomic E-state index is 11.4. The van der Waals surface area contributed by atoms with Gasteiger partial charge < -0.3 is 9.67 Å². The lowest BCUT2D eigenvalue weighted by molar-refractivity contribution is 0.0690. The number of pyridine rings is 2. The van der Waals surface area contributed by atoms with E-state index < -0.39 is 5.97 Å². The van der Waals surface area contributed by atoms with Crippen LogP contribution < -0.4 is 0 Å². The van der Waals surface area contributed by atoms with Crippen LogP contribution in [0.25, 0.3) is 28.1 Å². The number of aryl methyl sites for hydroxylation is 1. The Morgan fingerprint density at radius 2 is 1.86 bits per heavy atom. The minimum atomic E-state index is -1.03. The van der Waals surface area contributed by atoms with Gasteiger partial charge >= 0.3 is 5.97 Å². The first-order valence-electron chi connectivity index (χ1n) is 9.15. The molecule has 0 fully saturated rings. The van der Waals surface area contributed by atoms with Gasteiger partial charge in [0, 0.05) is 41.1 Å². The normalized spacial score (nSPS) is 12.3. The summed E-state index contributed by atoms with van der Waals surface area (Å²) in [7, 11) is 0. The van der Waals surface area contributed by atoms with Gasteiger partial charge in [0.2, 0.25) is 0 Å². The molecule has 3 heterocycles. The number of carboxylic acids is 1. The molecule has 0 bridgehead atoms. The largest absolute Gasteiger partial charge is 0.477 e. The van der Waals surface area contributed by atoms with Gasteiger partial charge in [-0.15, -0.1) is 0 Å². The second-order valence-corrected chi connectivity index (χ2v) is 6.83. The van der Waals surface area contributed by atoms with Crippen LogP contribution in [0.1, 0.15) is 21.7 Å². The van der Waals surface area contributed by atoms with E-state index in [-0.39, 0.29) is 5.69 Å². The molecular formula is C23H17N3O2. The van der Waals surface area contributed by atoms with E-state index in [1.54, 1.807) is 18.5 Å². The molecule has 1 aromatic carbocycles. The van der Waals surface area contributed by atoms with Gasteiger partial charge in [-0.05, 0) is 54.3 Å². The first-order valence-corrected chi connectivity index (χ1v) is 9.15. The lowest BCUT2D eigenvalue weighted by atomic mass is 9.90. The lowest BCUT2D eigenvalue weighted by Gasteiger charge is -2.20. The van der Waals surface area contributed by atoms with Gasteiger partial charge in [-0.25, -0.2) is 9.78 Å². The number of benzene rings is 1. The molecule has 0 atom stereocenters. The Balaban J connectivity index is 1.80. The molecule has 0 saturated heterocycles. The maximum absolute atomic E-state index is 11.4. The van der Waals surface area contributed by atoms with Crippen LogP contribution in [0.2, 0.25) is 0 Å². The number of fused-ring (bicyclic) bond motifs is 3. The van der Waals surface area contributed by atoms with Gasteiger partial charge in [-0.2, -0.15) is 0 Å². The number of carbonyl (C=O) groups is 1. The second-order valence-electron chi connectivity index (χ2n) is 6.83. The highest BCUT2D eigenvalue weighted by molar-refractivity contribution is 5.86. The second kappa shape index (κ2) is 6.46. The minimum absolute atomic E-state index is 0.0355. The summed E-state index contributed by atoms with van der Waals surface area (Å²) >= 11 is 0. The predicted molar refractivity (Wildman–Crippen MR) is 107 cm³/mol. The molecule has 0 unspecified atom stereocenters. The van der Waals surface area contributed by atoms with Gasteiger partial charge in [0.1, 0.15) is 5.69 Å². The molecule has 5 nitrogen and oxygen atoms in total. The molecule has 0 saturated carbocycles. The summed E-state index contributed by atoms with van der Waals surface area (Å²) in [6, 6.07) is 18.1. The quantitative estimate of drug-likeness (QED) is 0.583. The average Bonchev–Trinajstić information content (AvgIpc) is 3.14. The summed E-state index contributed by atoms with van der Waals surface area (Å²) in [5.74, 6) is -1.03. The topological polar surface area (TPSA) is 68.0 Å². The van der Waals surface area contributed by atoms with Crippen molar-refractivity contribution >= 4 is 5.97 Å². The molecular weight excluding hydrogens is 350 g/mol. The third-order valence-electron chi connectivity index (χ3n) is 5.22. The number of nitrogens with zero attached hydrogens (tertiary/aromatic N) is 3. The molecule has 5 rings (SSSR count). The summed E-state index contributed by atoms with van der Waals surface area (Å²) in [5, 5.41) is 9.38. The van der Waals surface area contributed by atoms with E-state index in [2.05, 4.69) is 44.9 Å². The first kappa shape index (κ1) is 16.4. The number of hydrogen-bond acceptors (Lipinski definition) is 3. The molecule has 0 spiro atoms. The van der Waals surface area contributed by atoms with Crippen molar-refractivity contribution in [1.29, 1.82) is 0 Å². The number of aromatic carboxylic acids is 1. The van der Waals surface area contributed by atoms with Crippen molar-refractivity contribution in [2.45, 2.75) is 12.8 Å². The summed E-state index contributed by atoms with van der Waals surface area (Å²) < 4.78 is 2.15. The Labute approximate surface area is 162 Å². The third-order valence-corrected chi connectivity index (χ3v) is 5.22. The van der Waals surface area contributed by atoms with E-state index >= 15 is 0 Å². The summed E-state index contributed by atoms with van der Waals surface area (Å²) in [6.45, 7) is 0. The van der Waals surface area contributed by atoms with E-state index in [0.717, 1.165) is 29.8 Å². The molecule has 0 aliphatic heterocycles. The van der Waals surface area contributed by atoms with Gasteiger partial charge in [-0.3, -0.25) is 4.98 Å². The van der Waals surface area contributed by atoms with Crippen LogP contribution in [0.15, 0.2) is 73.2 Å². The molecule has 0 radical (unpaired) electrons. The van der Waals surface area contributed by atoms with Gasteiger partial charge in [0.15, 0.2) is 0 Å². The van der Waals surface area contributed by atoms with E-state index in [1.807, 2.05) is 24.4 Å². The van der Waals surface area contributed by atoms with Crippen molar-refractivity contribution in [3.05, 3.63) is 90.1 Å². The summed E-state index contributed by atoms with van der Waals surface area (Å²) in [6.07, 6.45) is 6.98. The minimum Gasteiger partial charge on any atom is -0.477 e. The van der Waals surface area contributed by atoms with E-state index in [9.17, 15) is 9.90 Å². The zero-order chi connectivity index (χ0) is 19.1. The highest BCUT2D eigenvalue weighted by atomic mass is 16.4. The van der Waals surface area contributed by atoms with Crippen molar-refractivity contribution < 1.29 is 9.90 Å². The van der Waals surface area contributed by atoms with Crippen LogP contribution >= 0.6 is 0 Å². The molecule has 3 aromatic heterocycles. The summed E-state index contributed by atoms with van der Waals surface area (Å²) in [5.41, 5.74) is 7.76. The smallest absolute Gasteiger partial charge is 0.354 e. The Hall–Kier alpha value is -3.73. The van der Waals surface area contributed by atoms with Crippen LogP contribution in [0.4, 0.5) is 0 Å². The van der Waals surface area contributed by atoms with E-state index in [1.165, 1.54) is 22.4 Å². The lowest BCUT2D eigenvalue weighted by Crippen LogP contribution is -2.10. The van der Waals surface area contributed by atoms with Gasteiger partial charge in [-0.1, -0.05) is 24.3 Å². The van der Waals surface area contributed by atoms with Crippen LogP contribution in [-0.4, -0.2) is 25.6 Å².